The topological polar surface area (TPSA) is 91.9 Å². The average molecular weight is 503 g/mol. The van der Waals surface area contributed by atoms with E-state index in [4.69, 9.17) is 19.4 Å². The molecular weight excluding hydrogens is 468 g/mol. The van der Waals surface area contributed by atoms with Crippen LogP contribution in [-0.4, -0.2) is 73.4 Å². The molecule has 2 amide bonds. The van der Waals surface area contributed by atoms with Crippen LogP contribution in [0.25, 0.3) is 11.4 Å². The van der Waals surface area contributed by atoms with Crippen LogP contribution in [-0.2, 0) is 16.1 Å². The number of carbonyl (C=O) groups excluding carboxylic acids is 1. The van der Waals surface area contributed by atoms with Gasteiger partial charge in [-0.15, -0.1) is 0 Å². The van der Waals surface area contributed by atoms with Crippen LogP contribution in [0.4, 0.5) is 22.0 Å². The second-order valence-electron chi connectivity index (χ2n) is 9.48. The number of amides is 2. The van der Waals surface area contributed by atoms with Crippen LogP contribution in [0.5, 0.6) is 0 Å². The number of urea groups is 1. The van der Waals surface area contributed by atoms with Gasteiger partial charge in [-0.3, -0.25) is 0 Å². The van der Waals surface area contributed by atoms with E-state index in [2.05, 4.69) is 27.5 Å². The molecule has 1 aromatic heterocycles. The molecular formula is C28H34N6O3. The maximum absolute atomic E-state index is 12.3. The lowest BCUT2D eigenvalue weighted by atomic mass is 10.1. The second-order valence-corrected chi connectivity index (χ2v) is 9.48. The second kappa shape index (κ2) is 12.1. The molecule has 9 heteroatoms. The molecule has 3 heterocycles. The SMILES string of the molecule is CN1CCC(OCc2cc(N3CCOCC3)nc(-c3ccc(NC(=O)Nc4ccccc4)cc3)n2)CC1. The lowest BCUT2D eigenvalue weighted by Crippen LogP contribution is -2.37. The molecule has 9 nitrogen and oxygen atoms in total. The molecule has 2 aromatic carbocycles. The van der Waals surface area contributed by atoms with Gasteiger partial charge in [-0.1, -0.05) is 18.2 Å². The predicted octanol–water partition coefficient (Wildman–Crippen LogP) is 4.24. The highest BCUT2D eigenvalue weighted by Gasteiger charge is 2.19. The molecule has 0 radical (unpaired) electrons. The molecule has 2 aliphatic heterocycles. The highest BCUT2D eigenvalue weighted by Crippen LogP contribution is 2.24. The van der Waals surface area contributed by atoms with Gasteiger partial charge in [0.05, 0.1) is 31.6 Å². The molecule has 37 heavy (non-hydrogen) atoms. The van der Waals surface area contributed by atoms with Crippen LogP contribution in [0.3, 0.4) is 0 Å². The summed E-state index contributed by atoms with van der Waals surface area (Å²) in [6.07, 6.45) is 2.34. The summed E-state index contributed by atoms with van der Waals surface area (Å²) in [6, 6.07) is 18.7. The number of morpholine rings is 1. The molecule has 194 valence electrons. The van der Waals surface area contributed by atoms with E-state index in [9.17, 15) is 4.79 Å². The van der Waals surface area contributed by atoms with Crippen LogP contribution in [0.15, 0.2) is 60.7 Å². The minimum Gasteiger partial charge on any atom is -0.378 e. The zero-order chi connectivity index (χ0) is 25.5. The first-order valence-electron chi connectivity index (χ1n) is 12.9. The Hall–Kier alpha value is -3.53. The Balaban J connectivity index is 1.29. The minimum absolute atomic E-state index is 0.258. The van der Waals surface area contributed by atoms with E-state index in [-0.39, 0.29) is 12.1 Å². The first kappa shape index (κ1) is 25.1. The number of likely N-dealkylation sites (tertiary alicyclic amines) is 1. The van der Waals surface area contributed by atoms with Crippen molar-refractivity contribution in [2.24, 2.45) is 0 Å². The van der Waals surface area contributed by atoms with Crippen molar-refractivity contribution >= 4 is 23.2 Å². The summed E-state index contributed by atoms with van der Waals surface area (Å²) in [5, 5.41) is 5.69. The Morgan fingerprint density at radius 2 is 1.62 bits per heavy atom. The standard InChI is InChI=1S/C28H34N6O3/c1-33-13-11-25(12-14-33)37-20-24-19-26(34-15-17-36-18-16-34)32-27(29-24)21-7-9-23(10-8-21)31-28(35)30-22-5-3-2-4-6-22/h2-10,19,25H,11-18,20H2,1H3,(H2,30,31,35). The molecule has 5 rings (SSSR count). The summed E-state index contributed by atoms with van der Waals surface area (Å²) in [7, 11) is 2.15. The number of carbonyl (C=O) groups is 1. The number of benzene rings is 2. The molecule has 3 aromatic rings. The van der Waals surface area contributed by atoms with Gasteiger partial charge in [0, 0.05) is 49.2 Å². The number of hydrogen-bond acceptors (Lipinski definition) is 7. The van der Waals surface area contributed by atoms with Gasteiger partial charge in [0.25, 0.3) is 0 Å². The fraction of sp³-hybridized carbons (Fsp3) is 0.393. The monoisotopic (exact) mass is 502 g/mol. The number of piperidine rings is 1. The van der Waals surface area contributed by atoms with Crippen LogP contribution in [0.1, 0.15) is 18.5 Å². The molecule has 0 unspecified atom stereocenters. The van der Waals surface area contributed by atoms with Crippen molar-refractivity contribution in [3.63, 3.8) is 0 Å². The van der Waals surface area contributed by atoms with Gasteiger partial charge in [0.15, 0.2) is 5.82 Å². The number of hydrogen-bond donors (Lipinski definition) is 2. The first-order valence-corrected chi connectivity index (χ1v) is 12.9. The number of aromatic nitrogens is 2. The van der Waals surface area contributed by atoms with Gasteiger partial charge >= 0.3 is 6.03 Å². The van der Waals surface area contributed by atoms with Crippen molar-refractivity contribution in [2.75, 3.05) is 62.0 Å². The fourth-order valence-corrected chi connectivity index (χ4v) is 4.51. The summed E-state index contributed by atoms with van der Waals surface area (Å²) >= 11 is 0. The maximum Gasteiger partial charge on any atom is 0.323 e. The lowest BCUT2D eigenvalue weighted by Gasteiger charge is -2.29. The van der Waals surface area contributed by atoms with Crippen molar-refractivity contribution < 1.29 is 14.3 Å². The number of anilines is 3. The van der Waals surface area contributed by atoms with Gasteiger partial charge in [0.2, 0.25) is 0 Å². The molecule has 0 spiro atoms. The number of para-hydroxylation sites is 1. The van der Waals surface area contributed by atoms with E-state index in [0.29, 0.717) is 31.3 Å². The van der Waals surface area contributed by atoms with E-state index < -0.39 is 0 Å². The Kier molecular flexibility index (Phi) is 8.25. The molecule has 2 N–H and O–H groups in total. The summed E-state index contributed by atoms with van der Waals surface area (Å²) < 4.78 is 11.8. The van der Waals surface area contributed by atoms with Crippen LogP contribution in [0.2, 0.25) is 0 Å². The quantitative estimate of drug-likeness (QED) is 0.499. The maximum atomic E-state index is 12.3. The number of ether oxygens (including phenoxy) is 2. The molecule has 0 saturated carbocycles. The normalized spacial score (nSPS) is 16.9. The Bertz CT molecular complexity index is 1160. The van der Waals surface area contributed by atoms with E-state index in [1.54, 1.807) is 0 Å². The van der Waals surface area contributed by atoms with Crippen molar-refractivity contribution in [3.05, 3.63) is 66.4 Å². The number of rotatable bonds is 7. The highest BCUT2D eigenvalue weighted by atomic mass is 16.5. The third-order valence-corrected chi connectivity index (χ3v) is 6.67. The Labute approximate surface area is 217 Å². The largest absolute Gasteiger partial charge is 0.378 e. The van der Waals surface area contributed by atoms with Crippen molar-refractivity contribution in [1.29, 1.82) is 0 Å². The molecule has 0 bridgehead atoms. The molecule has 2 aliphatic rings. The predicted molar refractivity (Wildman–Crippen MR) is 145 cm³/mol. The Morgan fingerprint density at radius 3 is 2.32 bits per heavy atom. The minimum atomic E-state index is -0.294. The van der Waals surface area contributed by atoms with Crippen molar-refractivity contribution in [2.45, 2.75) is 25.6 Å². The zero-order valence-electron chi connectivity index (χ0n) is 21.2. The van der Waals surface area contributed by atoms with Crippen molar-refractivity contribution in [1.82, 2.24) is 14.9 Å². The molecule has 0 aliphatic carbocycles. The highest BCUT2D eigenvalue weighted by molar-refractivity contribution is 5.99. The Morgan fingerprint density at radius 1 is 0.946 bits per heavy atom. The van der Waals surface area contributed by atoms with E-state index in [1.165, 1.54) is 0 Å². The van der Waals surface area contributed by atoms with Crippen LogP contribution < -0.4 is 15.5 Å². The third kappa shape index (κ3) is 7.03. The smallest absolute Gasteiger partial charge is 0.323 e. The molecule has 2 saturated heterocycles. The number of nitrogens with one attached hydrogen (secondary N) is 2. The van der Waals surface area contributed by atoms with Gasteiger partial charge in [-0.25, -0.2) is 14.8 Å². The van der Waals surface area contributed by atoms with Gasteiger partial charge in [0.1, 0.15) is 5.82 Å². The van der Waals surface area contributed by atoms with E-state index in [0.717, 1.165) is 61.8 Å². The first-order chi connectivity index (χ1) is 18.1. The number of nitrogens with zero attached hydrogens (tertiary/aromatic N) is 4. The summed E-state index contributed by atoms with van der Waals surface area (Å²) in [6.45, 7) is 5.54. The van der Waals surface area contributed by atoms with E-state index >= 15 is 0 Å². The van der Waals surface area contributed by atoms with Gasteiger partial charge in [-0.05, 0) is 56.3 Å². The summed E-state index contributed by atoms with van der Waals surface area (Å²) in [5.41, 5.74) is 3.17. The molecule has 0 atom stereocenters. The van der Waals surface area contributed by atoms with Crippen LogP contribution >= 0.6 is 0 Å². The van der Waals surface area contributed by atoms with E-state index in [1.807, 2.05) is 60.7 Å². The summed E-state index contributed by atoms with van der Waals surface area (Å²) in [5.74, 6) is 1.53. The average Bonchev–Trinajstić information content (AvgIpc) is 2.94. The third-order valence-electron chi connectivity index (χ3n) is 6.67. The summed E-state index contributed by atoms with van der Waals surface area (Å²) in [4.78, 5) is 26.6. The lowest BCUT2D eigenvalue weighted by molar-refractivity contribution is 0.000757. The fourth-order valence-electron chi connectivity index (χ4n) is 4.51. The molecule has 2 fully saturated rings. The van der Waals surface area contributed by atoms with Crippen LogP contribution in [0, 0.1) is 0 Å². The van der Waals surface area contributed by atoms with Crippen molar-refractivity contribution in [3.8, 4) is 11.4 Å². The zero-order valence-corrected chi connectivity index (χ0v) is 21.2. The van der Waals surface area contributed by atoms with Gasteiger partial charge in [-0.2, -0.15) is 0 Å². The van der Waals surface area contributed by atoms with Gasteiger partial charge < -0.3 is 29.9 Å².